The number of thioether (sulfide) groups is 1. The number of anilines is 1. The van der Waals surface area contributed by atoms with E-state index in [1.54, 1.807) is 22.8 Å². The zero-order valence-electron chi connectivity index (χ0n) is 17.4. The average Bonchev–Trinajstić information content (AvgIpc) is 2.67. The van der Waals surface area contributed by atoms with Crippen LogP contribution in [0.5, 0.6) is 0 Å². The van der Waals surface area contributed by atoms with Gasteiger partial charge in [0, 0.05) is 18.5 Å². The van der Waals surface area contributed by atoms with E-state index in [0.29, 0.717) is 43.3 Å². The van der Waals surface area contributed by atoms with Crippen molar-refractivity contribution in [3.63, 3.8) is 0 Å². The number of carboxylic acid groups (broad SMARTS) is 1. The van der Waals surface area contributed by atoms with Crippen LogP contribution in [0.1, 0.15) is 26.7 Å². The number of halogens is 1. The molecule has 0 atom stereocenters. The third-order valence-corrected chi connectivity index (χ3v) is 7.19. The van der Waals surface area contributed by atoms with Crippen molar-refractivity contribution >= 4 is 57.1 Å². The van der Waals surface area contributed by atoms with E-state index in [9.17, 15) is 14.7 Å². The Balaban J connectivity index is 1.99. The number of carboxylic acids is 1. The zero-order valence-corrected chi connectivity index (χ0v) is 19.0. The highest BCUT2D eigenvalue weighted by Crippen LogP contribution is 2.43. The number of pyridine rings is 2. The van der Waals surface area contributed by atoms with Crippen LogP contribution < -0.4 is 10.3 Å². The number of aromatic nitrogens is 2. The summed E-state index contributed by atoms with van der Waals surface area (Å²) < 4.78 is 1.61. The number of aliphatic carboxylic acids is 1. The molecular weight excluding hydrogens is 422 g/mol. The molecule has 0 unspecified atom stereocenters. The summed E-state index contributed by atoms with van der Waals surface area (Å²) >= 11 is 7.77. The Morgan fingerprint density at radius 1 is 1.30 bits per heavy atom. The molecule has 4 rings (SSSR count). The van der Waals surface area contributed by atoms with E-state index in [-0.39, 0.29) is 12.0 Å². The molecule has 158 valence electrons. The molecule has 3 aromatic rings. The van der Waals surface area contributed by atoms with E-state index < -0.39 is 5.97 Å². The minimum atomic E-state index is -1.01. The molecule has 1 fully saturated rings. The highest BCUT2D eigenvalue weighted by atomic mass is 35.5. The Kier molecular flexibility index (Phi) is 5.22. The maximum atomic E-state index is 13.2. The smallest absolute Gasteiger partial charge is 0.323 e. The molecule has 0 saturated heterocycles. The van der Waals surface area contributed by atoms with Crippen molar-refractivity contribution in [2.45, 2.75) is 44.2 Å². The van der Waals surface area contributed by atoms with Crippen molar-refractivity contribution in [3.8, 4) is 0 Å². The van der Waals surface area contributed by atoms with Gasteiger partial charge in [-0.05, 0) is 48.8 Å². The first-order valence-corrected chi connectivity index (χ1v) is 11.4. The van der Waals surface area contributed by atoms with Crippen LogP contribution in [0.4, 0.5) is 5.82 Å². The first-order valence-electron chi connectivity index (χ1n) is 9.77. The number of rotatable bonds is 5. The van der Waals surface area contributed by atoms with Gasteiger partial charge >= 0.3 is 5.97 Å². The van der Waals surface area contributed by atoms with Crippen molar-refractivity contribution < 1.29 is 9.90 Å². The topological polar surface area (TPSA) is 75.4 Å². The Labute approximate surface area is 183 Å². The molecule has 1 N–H and O–H groups in total. The molecular formula is C22H24ClN3O3S. The van der Waals surface area contributed by atoms with Crippen molar-refractivity contribution in [1.29, 1.82) is 0 Å². The lowest BCUT2D eigenvalue weighted by molar-refractivity contribution is -0.137. The third kappa shape index (κ3) is 3.44. The summed E-state index contributed by atoms with van der Waals surface area (Å²) in [5.74, 6) is -0.275. The summed E-state index contributed by atoms with van der Waals surface area (Å²) in [7, 11) is 2.00. The quantitative estimate of drug-likeness (QED) is 0.455. The molecule has 1 aliphatic carbocycles. The van der Waals surface area contributed by atoms with Crippen molar-refractivity contribution in [2.24, 2.45) is 5.41 Å². The SMILES string of the molecule is CSc1c(Cl)ccc2c(=O)c3ccc(N(C)C4CC(C)(C)C4)nc3n(CC(=O)O)c12. The summed E-state index contributed by atoms with van der Waals surface area (Å²) in [5.41, 5.74) is 1.05. The third-order valence-electron chi connectivity index (χ3n) is 5.94. The van der Waals surface area contributed by atoms with E-state index in [1.165, 1.54) is 11.8 Å². The lowest BCUT2D eigenvalue weighted by Crippen LogP contribution is -2.47. The molecule has 0 bridgehead atoms. The highest BCUT2D eigenvalue weighted by Gasteiger charge is 2.38. The van der Waals surface area contributed by atoms with E-state index >= 15 is 0 Å². The van der Waals surface area contributed by atoms with Crippen LogP contribution in [0.2, 0.25) is 5.02 Å². The van der Waals surface area contributed by atoms with Crippen molar-refractivity contribution in [1.82, 2.24) is 9.55 Å². The molecule has 1 aromatic carbocycles. The van der Waals surface area contributed by atoms with Crippen LogP contribution in [0.25, 0.3) is 21.9 Å². The molecule has 1 saturated carbocycles. The Hall–Kier alpha value is -2.25. The van der Waals surface area contributed by atoms with Crippen LogP contribution in [0.15, 0.2) is 34.0 Å². The van der Waals surface area contributed by atoms with Gasteiger partial charge in [-0.15, -0.1) is 11.8 Å². The number of hydrogen-bond acceptors (Lipinski definition) is 5. The van der Waals surface area contributed by atoms with Gasteiger partial charge in [0.15, 0.2) is 5.43 Å². The fraction of sp³-hybridized carbons (Fsp3) is 0.409. The van der Waals surface area contributed by atoms with E-state index in [4.69, 9.17) is 16.6 Å². The first-order chi connectivity index (χ1) is 14.1. The predicted octanol–water partition coefficient (Wildman–Crippen LogP) is 4.63. The molecule has 2 heterocycles. The minimum Gasteiger partial charge on any atom is -0.480 e. The van der Waals surface area contributed by atoms with Crippen molar-refractivity contribution in [3.05, 3.63) is 39.5 Å². The highest BCUT2D eigenvalue weighted by molar-refractivity contribution is 7.99. The van der Waals surface area contributed by atoms with Gasteiger partial charge in [-0.1, -0.05) is 25.4 Å². The Morgan fingerprint density at radius 3 is 2.57 bits per heavy atom. The molecule has 0 radical (unpaired) electrons. The second kappa shape index (κ2) is 7.46. The van der Waals surface area contributed by atoms with Gasteiger partial charge in [-0.2, -0.15) is 0 Å². The van der Waals surface area contributed by atoms with Crippen LogP contribution in [-0.2, 0) is 11.3 Å². The minimum absolute atomic E-state index is 0.167. The molecule has 8 heteroatoms. The Bertz CT molecular complexity index is 1230. The second-order valence-electron chi connectivity index (χ2n) is 8.66. The monoisotopic (exact) mass is 445 g/mol. The van der Waals surface area contributed by atoms with Gasteiger partial charge in [0.2, 0.25) is 0 Å². The molecule has 6 nitrogen and oxygen atoms in total. The summed E-state index contributed by atoms with van der Waals surface area (Å²) in [6.07, 6.45) is 3.99. The van der Waals surface area contributed by atoms with Gasteiger partial charge < -0.3 is 14.6 Å². The van der Waals surface area contributed by atoms with Gasteiger partial charge in [0.05, 0.1) is 20.8 Å². The lowest BCUT2D eigenvalue weighted by Gasteiger charge is -2.47. The average molecular weight is 446 g/mol. The first kappa shape index (κ1) is 21.0. The van der Waals surface area contributed by atoms with Gasteiger partial charge in [0.25, 0.3) is 0 Å². The van der Waals surface area contributed by atoms with Gasteiger partial charge in [0.1, 0.15) is 18.0 Å². The fourth-order valence-electron chi connectivity index (χ4n) is 4.43. The number of fused-ring (bicyclic) bond motifs is 2. The lowest BCUT2D eigenvalue weighted by atomic mass is 9.68. The summed E-state index contributed by atoms with van der Waals surface area (Å²) in [6, 6.07) is 7.32. The fourth-order valence-corrected chi connectivity index (χ4v) is 5.49. The maximum absolute atomic E-state index is 13.2. The van der Waals surface area contributed by atoms with E-state index in [1.807, 2.05) is 19.4 Å². The molecule has 30 heavy (non-hydrogen) atoms. The van der Waals surface area contributed by atoms with Crippen LogP contribution in [0.3, 0.4) is 0 Å². The van der Waals surface area contributed by atoms with Gasteiger partial charge in [-0.3, -0.25) is 9.59 Å². The van der Waals surface area contributed by atoms with Crippen LogP contribution >= 0.6 is 23.4 Å². The molecule has 1 aliphatic rings. The molecule has 0 spiro atoms. The second-order valence-corrected chi connectivity index (χ2v) is 9.89. The van der Waals surface area contributed by atoms with Gasteiger partial charge in [-0.25, -0.2) is 4.98 Å². The van der Waals surface area contributed by atoms with Crippen LogP contribution in [-0.4, -0.2) is 40.0 Å². The number of carbonyl (C=O) groups is 1. The number of hydrogen-bond donors (Lipinski definition) is 1. The summed E-state index contributed by atoms with van der Waals surface area (Å²) in [4.78, 5) is 32.5. The largest absolute Gasteiger partial charge is 0.480 e. The Morgan fingerprint density at radius 2 is 1.97 bits per heavy atom. The van der Waals surface area contributed by atoms with E-state index in [0.717, 1.165) is 18.7 Å². The van der Waals surface area contributed by atoms with Crippen LogP contribution in [0, 0.1) is 5.41 Å². The predicted molar refractivity (Wildman–Crippen MR) is 123 cm³/mol. The summed E-state index contributed by atoms with van der Waals surface area (Å²) in [5, 5.41) is 10.9. The summed E-state index contributed by atoms with van der Waals surface area (Å²) in [6.45, 7) is 4.18. The molecule has 2 aromatic heterocycles. The van der Waals surface area contributed by atoms with E-state index in [2.05, 4.69) is 18.7 Å². The molecule has 0 amide bonds. The number of benzene rings is 1. The normalized spacial score (nSPS) is 16.0. The zero-order chi connectivity index (χ0) is 21.8. The number of nitrogens with zero attached hydrogens (tertiary/aromatic N) is 3. The molecule has 0 aliphatic heterocycles. The standard InChI is InChI=1S/C22H24ClN3O3S/c1-22(2)9-12(10-22)25(3)16-8-6-14-19(29)13-5-7-15(23)20(30-4)18(13)26(11-17(27)28)21(14)24-16/h5-8,12H,9-11H2,1-4H3,(H,27,28). The maximum Gasteiger partial charge on any atom is 0.323 e. The van der Waals surface area contributed by atoms with Crippen molar-refractivity contribution in [2.75, 3.05) is 18.2 Å².